The largest absolute Gasteiger partial charge is 0.399 e. The summed E-state index contributed by atoms with van der Waals surface area (Å²) in [5.41, 5.74) is 9.03. The quantitative estimate of drug-likeness (QED) is 0.794. The van der Waals surface area contributed by atoms with Crippen LogP contribution >= 0.6 is 27.5 Å². The minimum absolute atomic E-state index is 0.280. The number of benzene rings is 2. The Hall–Kier alpha value is -1.03. The maximum Gasteiger partial charge on any atom is 0.0409 e. The Labute approximate surface area is 133 Å². The molecule has 0 heterocycles. The molecule has 0 aromatic heterocycles. The molecule has 4 heteroatoms. The minimum atomic E-state index is 0.280. The smallest absolute Gasteiger partial charge is 0.0409 e. The van der Waals surface area contributed by atoms with E-state index in [1.54, 1.807) is 0 Å². The van der Waals surface area contributed by atoms with Crippen LogP contribution in [0.1, 0.15) is 24.1 Å². The molecule has 1 atom stereocenters. The SMILES string of the molecule is CC(c1cccc(Cl)c1)N(C)Cc1cc(N)ccc1Br. The molecule has 0 aliphatic carbocycles. The van der Waals surface area contributed by atoms with Crippen LogP contribution in [-0.4, -0.2) is 11.9 Å². The zero-order valence-corrected chi connectivity index (χ0v) is 13.9. The molecular weight excluding hydrogens is 336 g/mol. The van der Waals surface area contributed by atoms with Gasteiger partial charge in [0.05, 0.1) is 0 Å². The highest BCUT2D eigenvalue weighted by molar-refractivity contribution is 9.10. The van der Waals surface area contributed by atoms with Crippen molar-refractivity contribution in [2.24, 2.45) is 0 Å². The highest BCUT2D eigenvalue weighted by Gasteiger charge is 2.13. The summed E-state index contributed by atoms with van der Waals surface area (Å²) in [6.45, 7) is 2.99. The van der Waals surface area contributed by atoms with E-state index in [4.69, 9.17) is 17.3 Å². The first-order valence-electron chi connectivity index (χ1n) is 6.47. The van der Waals surface area contributed by atoms with Gasteiger partial charge in [-0.1, -0.05) is 39.7 Å². The number of rotatable bonds is 4. The van der Waals surface area contributed by atoms with Crippen molar-refractivity contribution in [3.8, 4) is 0 Å². The van der Waals surface area contributed by atoms with Gasteiger partial charge in [0.15, 0.2) is 0 Å². The molecule has 106 valence electrons. The number of hydrogen-bond donors (Lipinski definition) is 1. The third-order valence-electron chi connectivity index (χ3n) is 3.48. The summed E-state index contributed by atoms with van der Waals surface area (Å²) in [6, 6.07) is 14.2. The number of anilines is 1. The van der Waals surface area contributed by atoms with Crippen LogP contribution in [0, 0.1) is 0 Å². The second-order valence-electron chi connectivity index (χ2n) is 5.00. The summed E-state index contributed by atoms with van der Waals surface area (Å²) in [7, 11) is 2.10. The van der Waals surface area contributed by atoms with Gasteiger partial charge in [-0.3, -0.25) is 4.90 Å². The Kier molecular flexibility index (Phi) is 5.08. The molecule has 2 N–H and O–H groups in total. The van der Waals surface area contributed by atoms with Crippen molar-refractivity contribution in [1.29, 1.82) is 0 Å². The molecule has 2 nitrogen and oxygen atoms in total. The molecule has 0 saturated carbocycles. The average molecular weight is 354 g/mol. The van der Waals surface area contributed by atoms with Gasteiger partial charge in [-0.25, -0.2) is 0 Å². The fourth-order valence-corrected chi connectivity index (χ4v) is 2.71. The van der Waals surface area contributed by atoms with Crippen molar-refractivity contribution in [3.63, 3.8) is 0 Å². The van der Waals surface area contributed by atoms with E-state index in [0.717, 1.165) is 21.7 Å². The van der Waals surface area contributed by atoms with Gasteiger partial charge < -0.3 is 5.73 Å². The summed E-state index contributed by atoms with van der Waals surface area (Å²) in [4.78, 5) is 2.27. The van der Waals surface area contributed by atoms with Crippen molar-refractivity contribution >= 4 is 33.2 Å². The van der Waals surface area contributed by atoms with Gasteiger partial charge in [-0.05, 0) is 55.4 Å². The van der Waals surface area contributed by atoms with Crippen LogP contribution in [-0.2, 0) is 6.54 Å². The zero-order valence-electron chi connectivity index (χ0n) is 11.6. The van der Waals surface area contributed by atoms with Gasteiger partial charge in [0.2, 0.25) is 0 Å². The van der Waals surface area contributed by atoms with Gasteiger partial charge in [0.25, 0.3) is 0 Å². The van der Waals surface area contributed by atoms with Crippen molar-refractivity contribution in [2.75, 3.05) is 12.8 Å². The Balaban J connectivity index is 2.15. The van der Waals surface area contributed by atoms with Crippen molar-refractivity contribution in [1.82, 2.24) is 4.90 Å². The van der Waals surface area contributed by atoms with Crippen molar-refractivity contribution in [3.05, 3.63) is 63.1 Å². The lowest BCUT2D eigenvalue weighted by Gasteiger charge is -2.26. The summed E-state index contributed by atoms with van der Waals surface area (Å²) in [5, 5.41) is 0.771. The maximum absolute atomic E-state index is 6.06. The number of nitrogen functional groups attached to an aromatic ring is 1. The molecular formula is C16H18BrClN2. The average Bonchev–Trinajstić information content (AvgIpc) is 2.42. The van der Waals surface area contributed by atoms with Crippen LogP contribution in [0.3, 0.4) is 0 Å². The number of halogens is 2. The van der Waals surface area contributed by atoms with Gasteiger partial charge in [-0.2, -0.15) is 0 Å². The molecule has 0 aliphatic rings. The van der Waals surface area contributed by atoms with E-state index in [2.05, 4.69) is 40.9 Å². The minimum Gasteiger partial charge on any atom is -0.399 e. The van der Waals surface area contributed by atoms with E-state index in [0.29, 0.717) is 0 Å². The Morgan fingerprint density at radius 2 is 2.00 bits per heavy atom. The summed E-state index contributed by atoms with van der Waals surface area (Å²) in [6.07, 6.45) is 0. The zero-order chi connectivity index (χ0) is 14.7. The standard InChI is InChI=1S/C16H18BrClN2/c1-11(12-4-3-5-14(18)8-12)20(2)10-13-9-15(19)6-7-16(13)17/h3-9,11H,10,19H2,1-2H3. The van der Waals surface area contributed by atoms with E-state index in [1.807, 2.05) is 36.4 Å². The summed E-state index contributed by atoms with van der Waals surface area (Å²) in [5.74, 6) is 0. The number of nitrogens with two attached hydrogens (primary N) is 1. The third kappa shape index (κ3) is 3.75. The predicted molar refractivity (Wildman–Crippen MR) is 89.9 cm³/mol. The highest BCUT2D eigenvalue weighted by Crippen LogP contribution is 2.26. The molecule has 0 saturated heterocycles. The fraction of sp³-hybridized carbons (Fsp3) is 0.250. The van der Waals surface area contributed by atoms with Crippen LogP contribution < -0.4 is 5.73 Å². The number of hydrogen-bond acceptors (Lipinski definition) is 2. The molecule has 2 rings (SSSR count). The molecule has 0 spiro atoms. The monoisotopic (exact) mass is 352 g/mol. The van der Waals surface area contributed by atoms with Crippen LogP contribution in [0.4, 0.5) is 5.69 Å². The van der Waals surface area contributed by atoms with Gasteiger partial charge >= 0.3 is 0 Å². The van der Waals surface area contributed by atoms with E-state index in [1.165, 1.54) is 11.1 Å². The molecule has 2 aromatic carbocycles. The highest BCUT2D eigenvalue weighted by atomic mass is 79.9. The normalized spacial score (nSPS) is 12.7. The first-order valence-corrected chi connectivity index (χ1v) is 7.64. The van der Waals surface area contributed by atoms with Gasteiger partial charge in [0.1, 0.15) is 0 Å². The van der Waals surface area contributed by atoms with Crippen LogP contribution in [0.2, 0.25) is 5.02 Å². The fourth-order valence-electron chi connectivity index (χ4n) is 2.14. The van der Waals surface area contributed by atoms with Crippen LogP contribution in [0.5, 0.6) is 0 Å². The van der Waals surface area contributed by atoms with Crippen molar-refractivity contribution < 1.29 is 0 Å². The molecule has 20 heavy (non-hydrogen) atoms. The lowest BCUT2D eigenvalue weighted by Crippen LogP contribution is -2.22. The van der Waals surface area contributed by atoms with E-state index in [9.17, 15) is 0 Å². The summed E-state index contributed by atoms with van der Waals surface area (Å²) >= 11 is 9.63. The van der Waals surface area contributed by atoms with Crippen LogP contribution in [0.25, 0.3) is 0 Å². The molecule has 0 bridgehead atoms. The second-order valence-corrected chi connectivity index (χ2v) is 6.29. The molecule has 1 unspecified atom stereocenters. The Bertz CT molecular complexity index is 601. The second kappa shape index (κ2) is 6.61. The Morgan fingerprint density at radius 1 is 1.25 bits per heavy atom. The lowest BCUT2D eigenvalue weighted by atomic mass is 10.1. The van der Waals surface area contributed by atoms with Gasteiger partial charge in [-0.15, -0.1) is 0 Å². The molecule has 0 amide bonds. The lowest BCUT2D eigenvalue weighted by molar-refractivity contribution is 0.252. The van der Waals surface area contributed by atoms with Gasteiger partial charge in [0, 0.05) is 27.8 Å². The molecule has 2 aromatic rings. The third-order valence-corrected chi connectivity index (χ3v) is 4.49. The molecule has 0 radical (unpaired) electrons. The Morgan fingerprint density at radius 3 is 2.70 bits per heavy atom. The molecule has 0 aliphatic heterocycles. The number of nitrogens with zero attached hydrogens (tertiary/aromatic N) is 1. The molecule has 0 fully saturated rings. The van der Waals surface area contributed by atoms with E-state index < -0.39 is 0 Å². The van der Waals surface area contributed by atoms with Crippen molar-refractivity contribution in [2.45, 2.75) is 19.5 Å². The topological polar surface area (TPSA) is 29.3 Å². The predicted octanol–water partition coefficient (Wildman–Crippen LogP) is 4.88. The van der Waals surface area contributed by atoms with E-state index >= 15 is 0 Å². The summed E-state index contributed by atoms with van der Waals surface area (Å²) < 4.78 is 1.08. The van der Waals surface area contributed by atoms with Crippen LogP contribution in [0.15, 0.2) is 46.9 Å². The first-order chi connectivity index (χ1) is 9.47. The van der Waals surface area contributed by atoms with E-state index in [-0.39, 0.29) is 6.04 Å². The first kappa shape index (κ1) is 15.4. The maximum atomic E-state index is 6.06.